The van der Waals surface area contributed by atoms with Gasteiger partial charge in [-0.1, -0.05) is 24.3 Å². The van der Waals surface area contributed by atoms with E-state index in [4.69, 9.17) is 0 Å². The Bertz CT molecular complexity index is 588. The molecule has 22 heavy (non-hydrogen) atoms. The number of ketones is 1. The highest BCUT2D eigenvalue weighted by molar-refractivity contribution is 5.99. The van der Waals surface area contributed by atoms with Gasteiger partial charge in [0.1, 0.15) is 5.83 Å². The van der Waals surface area contributed by atoms with Gasteiger partial charge in [0, 0.05) is 25.1 Å². The highest BCUT2D eigenvalue weighted by atomic mass is 19.1. The molecular weight excluding hydrogens is 283 g/mol. The third-order valence-corrected chi connectivity index (χ3v) is 4.81. The van der Waals surface area contributed by atoms with Gasteiger partial charge in [-0.15, -0.1) is 4.91 Å². The molecule has 2 fully saturated rings. The molecule has 4 nitrogen and oxygen atoms in total. The van der Waals surface area contributed by atoms with Crippen LogP contribution >= 0.6 is 0 Å². The van der Waals surface area contributed by atoms with Gasteiger partial charge < -0.3 is 0 Å². The summed E-state index contributed by atoms with van der Waals surface area (Å²) >= 11 is 0. The van der Waals surface area contributed by atoms with E-state index in [1.807, 2.05) is 0 Å². The summed E-state index contributed by atoms with van der Waals surface area (Å²) in [6, 6.07) is -1.29. The zero-order chi connectivity index (χ0) is 15.5. The van der Waals surface area contributed by atoms with E-state index in [2.05, 4.69) is 21.9 Å². The van der Waals surface area contributed by atoms with E-state index in [-0.39, 0.29) is 5.78 Å². The molecule has 0 aromatic heterocycles. The van der Waals surface area contributed by atoms with Gasteiger partial charge in [0.2, 0.25) is 6.04 Å². The number of nitroso groups, excluding NO2 is 1. The zero-order valence-corrected chi connectivity index (χ0v) is 12.4. The van der Waals surface area contributed by atoms with Crippen molar-refractivity contribution >= 4 is 5.78 Å². The van der Waals surface area contributed by atoms with E-state index >= 15 is 0 Å². The lowest BCUT2D eigenvalue weighted by atomic mass is 10.0. The summed E-state index contributed by atoms with van der Waals surface area (Å²) in [7, 11) is 0. The highest BCUT2D eigenvalue weighted by Gasteiger charge is 2.36. The number of hydrogen-bond donors (Lipinski definition) is 0. The number of Topliss-reactive ketones (excluding diaryl/α,β-unsaturated/α-hetero) is 1. The zero-order valence-electron chi connectivity index (χ0n) is 12.4. The molecule has 0 N–H and O–H groups in total. The molecule has 0 aromatic rings. The average molecular weight is 302 g/mol. The lowest BCUT2D eigenvalue weighted by molar-refractivity contribution is -0.116. The van der Waals surface area contributed by atoms with Gasteiger partial charge in [-0.3, -0.25) is 9.69 Å². The first-order valence-corrected chi connectivity index (χ1v) is 7.81. The van der Waals surface area contributed by atoms with Crippen LogP contribution in [-0.4, -0.2) is 36.4 Å². The first-order valence-electron chi connectivity index (χ1n) is 7.81. The normalized spacial score (nSPS) is 36.0. The number of carbonyl (C=O) groups is 1. The first kappa shape index (κ1) is 15.1. The Kier molecular flexibility index (Phi) is 4.49. The molecule has 0 aromatic carbocycles. The lowest BCUT2D eigenvalue weighted by Gasteiger charge is -2.16. The molecule has 1 aliphatic heterocycles. The van der Waals surface area contributed by atoms with Crippen molar-refractivity contribution in [2.75, 3.05) is 19.6 Å². The second-order valence-corrected chi connectivity index (χ2v) is 6.29. The van der Waals surface area contributed by atoms with Crippen LogP contribution in [0, 0.1) is 28.6 Å². The highest BCUT2D eigenvalue weighted by Crippen LogP contribution is 2.37. The van der Waals surface area contributed by atoms with E-state index in [1.54, 1.807) is 6.08 Å². The number of carbonyl (C=O) groups excluding carboxylic acids is 1. The van der Waals surface area contributed by atoms with Crippen LogP contribution in [-0.2, 0) is 4.79 Å². The van der Waals surface area contributed by atoms with Gasteiger partial charge in [0.05, 0.1) is 6.54 Å². The van der Waals surface area contributed by atoms with Crippen molar-refractivity contribution in [3.8, 4) is 11.8 Å². The number of hydrogen-bond acceptors (Lipinski definition) is 4. The molecule has 5 heteroatoms. The summed E-state index contributed by atoms with van der Waals surface area (Å²) in [5.41, 5.74) is 0.303. The predicted octanol–water partition coefficient (Wildman–Crippen LogP) is 2.61. The number of allylic oxidation sites excluding steroid dienone is 2. The van der Waals surface area contributed by atoms with Crippen molar-refractivity contribution in [3.05, 3.63) is 28.5 Å². The third kappa shape index (κ3) is 3.17. The van der Waals surface area contributed by atoms with Crippen LogP contribution in [0.4, 0.5) is 4.39 Å². The standard InChI is InChI=1S/C17H19FN2O2/c18-15-8-12(4-1-2-7-16(15)19-22)17(21)11-20-9-13-5-3-6-14(13)10-20/h4,8,13-14,16H,1,3,5-6,9-11H2/b12-4+,15-8+. The summed E-state index contributed by atoms with van der Waals surface area (Å²) in [6.45, 7) is 2.25. The van der Waals surface area contributed by atoms with Crippen molar-refractivity contribution in [1.29, 1.82) is 0 Å². The topological polar surface area (TPSA) is 49.7 Å². The minimum absolute atomic E-state index is 0.108. The van der Waals surface area contributed by atoms with Crippen molar-refractivity contribution in [2.45, 2.75) is 31.7 Å². The molecule has 3 aliphatic rings. The summed E-state index contributed by atoms with van der Waals surface area (Å²) < 4.78 is 13.9. The van der Waals surface area contributed by atoms with Crippen molar-refractivity contribution in [2.24, 2.45) is 17.0 Å². The van der Waals surface area contributed by atoms with Gasteiger partial charge in [0.15, 0.2) is 5.78 Å². The molecule has 0 bridgehead atoms. The van der Waals surface area contributed by atoms with Gasteiger partial charge in [-0.2, -0.15) is 0 Å². The van der Waals surface area contributed by atoms with Crippen molar-refractivity contribution in [1.82, 2.24) is 4.90 Å². The fourth-order valence-corrected chi connectivity index (χ4v) is 3.70. The molecule has 1 heterocycles. The van der Waals surface area contributed by atoms with Crippen LogP contribution in [0.15, 0.2) is 28.7 Å². The summed E-state index contributed by atoms with van der Waals surface area (Å²) in [4.78, 5) is 25.1. The van der Waals surface area contributed by atoms with Gasteiger partial charge in [-0.05, 0) is 35.9 Å². The van der Waals surface area contributed by atoms with Crippen LogP contribution in [0.3, 0.4) is 0 Å². The van der Waals surface area contributed by atoms with Crippen LogP contribution < -0.4 is 0 Å². The van der Waals surface area contributed by atoms with Crippen molar-refractivity contribution < 1.29 is 9.18 Å². The molecule has 1 saturated heterocycles. The van der Waals surface area contributed by atoms with E-state index < -0.39 is 11.9 Å². The van der Waals surface area contributed by atoms with Crippen molar-refractivity contribution in [3.63, 3.8) is 0 Å². The Morgan fingerprint density at radius 3 is 2.77 bits per heavy atom. The Hall–Kier alpha value is -1.80. The second kappa shape index (κ2) is 6.53. The summed E-state index contributed by atoms with van der Waals surface area (Å²) in [6.07, 6.45) is 6.91. The third-order valence-electron chi connectivity index (χ3n) is 4.81. The van der Waals surface area contributed by atoms with Gasteiger partial charge >= 0.3 is 0 Å². The number of likely N-dealkylation sites (tertiary alicyclic amines) is 1. The number of nitrogens with zero attached hydrogens (tertiary/aromatic N) is 2. The summed E-state index contributed by atoms with van der Waals surface area (Å²) in [5, 5.41) is 2.65. The molecule has 0 spiro atoms. The molecule has 0 amide bonds. The molecule has 3 atom stereocenters. The maximum atomic E-state index is 13.9. The number of fused-ring (bicyclic) bond motifs is 1. The molecule has 2 aliphatic carbocycles. The number of halogens is 1. The second-order valence-electron chi connectivity index (χ2n) is 6.29. The summed E-state index contributed by atoms with van der Waals surface area (Å²) in [5.74, 6) is 5.69. The fourth-order valence-electron chi connectivity index (χ4n) is 3.70. The average Bonchev–Trinajstić information content (AvgIpc) is 3.04. The van der Waals surface area contributed by atoms with Crippen LogP contribution in [0.2, 0.25) is 0 Å². The predicted molar refractivity (Wildman–Crippen MR) is 81.5 cm³/mol. The van der Waals surface area contributed by atoms with E-state index in [1.165, 1.54) is 19.3 Å². The Balaban J connectivity index is 1.66. The minimum Gasteiger partial charge on any atom is -0.295 e. The van der Waals surface area contributed by atoms with Crippen LogP contribution in [0.25, 0.3) is 0 Å². The molecule has 1 saturated carbocycles. The maximum Gasteiger partial charge on any atom is 0.203 e. The molecule has 116 valence electrons. The Morgan fingerprint density at radius 1 is 1.36 bits per heavy atom. The SMILES string of the molecule is O=NC1C#CC/C=C(C(=O)CN2CC3CCCC3C2)\C=C/1F. The molecule has 3 rings (SSSR count). The van der Waals surface area contributed by atoms with E-state index in [0.717, 1.165) is 31.0 Å². The Labute approximate surface area is 129 Å². The van der Waals surface area contributed by atoms with Gasteiger partial charge in [0.25, 0.3) is 0 Å². The number of rotatable bonds is 4. The Morgan fingerprint density at radius 2 is 2.09 bits per heavy atom. The first-order chi connectivity index (χ1) is 10.7. The quantitative estimate of drug-likeness (QED) is 0.592. The fraction of sp³-hybridized carbons (Fsp3) is 0.588. The largest absolute Gasteiger partial charge is 0.295 e. The molecular formula is C17H19FN2O2. The van der Waals surface area contributed by atoms with Crippen LogP contribution in [0.5, 0.6) is 0 Å². The van der Waals surface area contributed by atoms with E-state index in [9.17, 15) is 14.1 Å². The lowest BCUT2D eigenvalue weighted by Crippen LogP contribution is -2.29. The molecule has 3 unspecified atom stereocenters. The molecule has 0 radical (unpaired) electrons. The maximum absolute atomic E-state index is 13.9. The van der Waals surface area contributed by atoms with Gasteiger partial charge in [-0.25, -0.2) is 4.39 Å². The minimum atomic E-state index is -1.29. The van der Waals surface area contributed by atoms with Crippen LogP contribution in [0.1, 0.15) is 25.7 Å². The smallest absolute Gasteiger partial charge is 0.203 e. The monoisotopic (exact) mass is 302 g/mol. The van der Waals surface area contributed by atoms with E-state index in [0.29, 0.717) is 18.5 Å².